The van der Waals surface area contributed by atoms with E-state index in [-0.39, 0.29) is 0 Å². The normalized spacial score (nSPS) is 27.7. The Hall–Kier alpha value is -1.20. The summed E-state index contributed by atoms with van der Waals surface area (Å²) in [7, 11) is 0. The number of hydrogen-bond acceptors (Lipinski definition) is 5. The number of nitrogens with zero attached hydrogens (tertiary/aromatic N) is 3. The minimum absolute atomic E-state index is 0.560. The van der Waals surface area contributed by atoms with Crippen molar-refractivity contribution in [3.8, 4) is 0 Å². The minimum atomic E-state index is 0.560. The van der Waals surface area contributed by atoms with E-state index in [2.05, 4.69) is 20.2 Å². The predicted octanol–water partition coefficient (Wildman–Crippen LogP) is 4.00. The minimum Gasteiger partial charge on any atom is -0.365 e. The van der Waals surface area contributed by atoms with Gasteiger partial charge >= 0.3 is 0 Å². The van der Waals surface area contributed by atoms with Gasteiger partial charge < -0.3 is 5.32 Å². The van der Waals surface area contributed by atoms with Gasteiger partial charge in [-0.25, -0.2) is 9.97 Å². The molecule has 2 fully saturated rings. The number of rotatable bonds is 2. The van der Waals surface area contributed by atoms with Crippen molar-refractivity contribution in [2.75, 3.05) is 18.4 Å². The van der Waals surface area contributed by atoms with E-state index in [4.69, 9.17) is 0 Å². The highest BCUT2D eigenvalue weighted by atomic mass is 32.1. The fraction of sp³-hybridized carbons (Fsp3) is 0.684. The van der Waals surface area contributed by atoms with Crippen molar-refractivity contribution in [1.82, 2.24) is 14.9 Å². The zero-order chi connectivity index (χ0) is 15.9. The number of nitrogens with one attached hydrogen (secondary N) is 1. The molecule has 2 aromatic heterocycles. The van der Waals surface area contributed by atoms with Crippen LogP contribution in [0.1, 0.15) is 55.4 Å². The van der Waals surface area contributed by atoms with Crippen molar-refractivity contribution in [1.29, 1.82) is 0 Å². The molecule has 1 N–H and O–H groups in total. The van der Waals surface area contributed by atoms with Gasteiger partial charge in [0.15, 0.2) is 0 Å². The van der Waals surface area contributed by atoms with E-state index >= 15 is 0 Å². The van der Waals surface area contributed by atoms with Gasteiger partial charge in [0.2, 0.25) is 0 Å². The van der Waals surface area contributed by atoms with Gasteiger partial charge in [0, 0.05) is 23.5 Å². The number of hydrogen-bond donors (Lipinski definition) is 1. The maximum atomic E-state index is 4.68. The van der Waals surface area contributed by atoms with E-state index in [1.165, 1.54) is 81.1 Å². The third-order valence-electron chi connectivity index (χ3n) is 6.18. The average molecular weight is 343 g/mol. The van der Waals surface area contributed by atoms with Crippen molar-refractivity contribution in [3.63, 3.8) is 0 Å². The zero-order valence-corrected chi connectivity index (χ0v) is 15.1. The zero-order valence-electron chi connectivity index (χ0n) is 14.3. The highest BCUT2D eigenvalue weighted by molar-refractivity contribution is 7.18. The van der Waals surface area contributed by atoms with Crippen LogP contribution in [0.2, 0.25) is 0 Å². The molecule has 0 radical (unpaired) electrons. The largest absolute Gasteiger partial charge is 0.365 e. The standard InChI is InChI=1S/C19H26N4S/c1-2-6-13-16(8-3-1)24-19-17(13)18(20-12-21-19)22-14-9-11-23-10-5-4-7-15(14)23/h12,14-15H,1-11H2,(H,20,21,22)/t14-,15-/m0/s1. The molecule has 128 valence electrons. The van der Waals surface area contributed by atoms with Crippen molar-refractivity contribution in [2.45, 2.75) is 69.9 Å². The number of anilines is 1. The molecule has 2 aromatic rings. The maximum Gasteiger partial charge on any atom is 0.138 e. The molecule has 0 amide bonds. The van der Waals surface area contributed by atoms with Crippen molar-refractivity contribution >= 4 is 27.4 Å². The first-order valence-electron chi connectivity index (χ1n) is 9.66. The fourth-order valence-electron chi connectivity index (χ4n) is 4.97. The van der Waals surface area contributed by atoms with Crippen LogP contribution in [-0.2, 0) is 12.8 Å². The topological polar surface area (TPSA) is 41.1 Å². The number of piperidine rings is 1. The summed E-state index contributed by atoms with van der Waals surface area (Å²) in [5, 5.41) is 5.19. The third kappa shape index (κ3) is 2.53. The van der Waals surface area contributed by atoms with Crippen LogP contribution >= 0.6 is 11.3 Å². The number of aromatic nitrogens is 2. The molecule has 0 spiro atoms. The summed E-state index contributed by atoms with van der Waals surface area (Å²) in [6.07, 6.45) is 13.5. The van der Waals surface area contributed by atoms with E-state index in [0.717, 1.165) is 5.82 Å². The second-order valence-electron chi connectivity index (χ2n) is 7.61. The Balaban J connectivity index is 1.49. The van der Waals surface area contributed by atoms with Gasteiger partial charge in [0.1, 0.15) is 17.0 Å². The van der Waals surface area contributed by atoms with Gasteiger partial charge in [0.05, 0.1) is 5.39 Å². The lowest BCUT2D eigenvalue weighted by atomic mass is 9.99. The molecular weight excluding hydrogens is 316 g/mol. The van der Waals surface area contributed by atoms with E-state index in [9.17, 15) is 0 Å². The van der Waals surface area contributed by atoms with E-state index in [1.807, 2.05) is 11.3 Å². The molecule has 5 rings (SSSR count). The van der Waals surface area contributed by atoms with Crippen LogP contribution in [0.3, 0.4) is 0 Å². The average Bonchev–Trinajstić information content (AvgIpc) is 3.10. The molecule has 0 saturated carbocycles. The molecule has 4 heterocycles. The Kier molecular flexibility index (Phi) is 3.94. The second kappa shape index (κ2) is 6.26. The first-order valence-corrected chi connectivity index (χ1v) is 10.5. The molecule has 4 nitrogen and oxygen atoms in total. The number of fused-ring (bicyclic) bond motifs is 4. The van der Waals surface area contributed by atoms with E-state index in [0.29, 0.717) is 12.1 Å². The Morgan fingerprint density at radius 2 is 1.96 bits per heavy atom. The fourth-order valence-corrected chi connectivity index (χ4v) is 6.20. The predicted molar refractivity (Wildman–Crippen MR) is 99.9 cm³/mol. The summed E-state index contributed by atoms with van der Waals surface area (Å²) in [5.74, 6) is 1.11. The highest BCUT2D eigenvalue weighted by Crippen LogP contribution is 2.38. The Morgan fingerprint density at radius 1 is 1.00 bits per heavy atom. The summed E-state index contributed by atoms with van der Waals surface area (Å²) in [5.41, 5.74) is 1.55. The first-order chi connectivity index (χ1) is 11.9. The smallest absolute Gasteiger partial charge is 0.138 e. The third-order valence-corrected chi connectivity index (χ3v) is 7.38. The maximum absolute atomic E-state index is 4.68. The molecule has 2 aliphatic heterocycles. The van der Waals surface area contributed by atoms with Crippen LogP contribution in [0.25, 0.3) is 10.2 Å². The van der Waals surface area contributed by atoms with Crippen LogP contribution < -0.4 is 5.32 Å². The highest BCUT2D eigenvalue weighted by Gasteiger charge is 2.36. The van der Waals surface area contributed by atoms with Gasteiger partial charge in [-0.2, -0.15) is 0 Å². The lowest BCUT2D eigenvalue weighted by Gasteiger charge is -2.32. The lowest BCUT2D eigenvalue weighted by Crippen LogP contribution is -2.41. The van der Waals surface area contributed by atoms with Gasteiger partial charge in [-0.05, 0) is 57.1 Å². The van der Waals surface area contributed by atoms with Crippen LogP contribution in [0.5, 0.6) is 0 Å². The monoisotopic (exact) mass is 342 g/mol. The van der Waals surface area contributed by atoms with Gasteiger partial charge in [0.25, 0.3) is 0 Å². The summed E-state index contributed by atoms with van der Waals surface area (Å²) >= 11 is 1.91. The Labute approximate surface area is 147 Å². The second-order valence-corrected chi connectivity index (χ2v) is 8.69. The van der Waals surface area contributed by atoms with Crippen molar-refractivity contribution in [2.24, 2.45) is 0 Å². The summed E-state index contributed by atoms with van der Waals surface area (Å²) < 4.78 is 0. The SMILES string of the molecule is c1nc(N[C@H]2CCN3CCCC[C@@H]23)c2c3c(sc2n1)CCCCC3. The molecule has 0 aromatic carbocycles. The Morgan fingerprint density at radius 3 is 2.96 bits per heavy atom. The number of thiophene rings is 1. The molecule has 2 atom stereocenters. The van der Waals surface area contributed by atoms with Gasteiger partial charge in [-0.1, -0.05) is 12.8 Å². The lowest BCUT2D eigenvalue weighted by molar-refractivity contribution is 0.192. The van der Waals surface area contributed by atoms with E-state index in [1.54, 1.807) is 16.8 Å². The molecule has 24 heavy (non-hydrogen) atoms. The van der Waals surface area contributed by atoms with Crippen LogP contribution in [-0.4, -0.2) is 40.0 Å². The van der Waals surface area contributed by atoms with Crippen LogP contribution in [0, 0.1) is 0 Å². The first kappa shape index (κ1) is 15.1. The molecule has 1 aliphatic carbocycles. The summed E-state index contributed by atoms with van der Waals surface area (Å²) in [6.45, 7) is 2.54. The molecule has 3 aliphatic rings. The molecule has 2 saturated heterocycles. The quantitative estimate of drug-likeness (QED) is 0.838. The van der Waals surface area contributed by atoms with Crippen molar-refractivity contribution < 1.29 is 0 Å². The van der Waals surface area contributed by atoms with Gasteiger partial charge in [-0.3, -0.25) is 4.90 Å². The molecule has 0 unspecified atom stereocenters. The molecular formula is C19H26N4S. The summed E-state index contributed by atoms with van der Waals surface area (Å²) in [6, 6.07) is 1.27. The van der Waals surface area contributed by atoms with Crippen molar-refractivity contribution in [3.05, 3.63) is 16.8 Å². The van der Waals surface area contributed by atoms with Crippen LogP contribution in [0.4, 0.5) is 5.82 Å². The Bertz CT molecular complexity index is 740. The van der Waals surface area contributed by atoms with Crippen LogP contribution in [0.15, 0.2) is 6.33 Å². The van der Waals surface area contributed by atoms with E-state index < -0.39 is 0 Å². The summed E-state index contributed by atoms with van der Waals surface area (Å²) in [4.78, 5) is 14.7. The number of aryl methyl sites for hydroxylation is 2. The molecule has 5 heteroatoms. The molecule has 0 bridgehead atoms. The van der Waals surface area contributed by atoms with Gasteiger partial charge in [-0.15, -0.1) is 11.3 Å².